The maximum absolute atomic E-state index is 12.0. The van der Waals surface area contributed by atoms with Crippen LogP contribution in [-0.2, 0) is 5.88 Å². The minimum atomic E-state index is -4.89. The standard InChI is InChI=1S/C8H7ClF3NO3/c1-15-7-4(3-9)5(2-6(14)13-7)16-8(10,11)12/h2H,3H2,1H3,(H,13,14). The lowest BCUT2D eigenvalue weighted by Gasteiger charge is -2.13. The zero-order chi connectivity index (χ0) is 12.3. The molecule has 0 amide bonds. The Morgan fingerprint density at radius 2 is 2.12 bits per heavy atom. The second kappa shape index (κ2) is 4.65. The fourth-order valence-corrected chi connectivity index (χ4v) is 1.31. The van der Waals surface area contributed by atoms with Crippen molar-refractivity contribution in [1.29, 1.82) is 0 Å². The number of halogens is 4. The molecular weight excluding hydrogens is 251 g/mol. The number of alkyl halides is 4. The van der Waals surface area contributed by atoms with Crippen molar-refractivity contribution in [2.24, 2.45) is 0 Å². The number of H-pyrrole nitrogens is 1. The van der Waals surface area contributed by atoms with Crippen LogP contribution in [0.2, 0.25) is 0 Å². The van der Waals surface area contributed by atoms with E-state index in [1.807, 2.05) is 0 Å². The van der Waals surface area contributed by atoms with Gasteiger partial charge in [0.2, 0.25) is 5.88 Å². The number of rotatable bonds is 3. The Kier molecular flexibility index (Phi) is 3.69. The zero-order valence-corrected chi connectivity index (χ0v) is 8.78. The lowest BCUT2D eigenvalue weighted by molar-refractivity contribution is -0.274. The number of pyridine rings is 1. The summed E-state index contributed by atoms with van der Waals surface area (Å²) in [7, 11) is 1.19. The van der Waals surface area contributed by atoms with Gasteiger partial charge in [-0.15, -0.1) is 24.8 Å². The summed E-state index contributed by atoms with van der Waals surface area (Å²) < 4.78 is 44.4. The molecule has 1 rings (SSSR count). The number of aromatic amines is 1. The fourth-order valence-electron chi connectivity index (χ4n) is 1.06. The van der Waals surface area contributed by atoms with Crippen LogP contribution in [0, 0.1) is 0 Å². The maximum atomic E-state index is 12.0. The zero-order valence-electron chi connectivity index (χ0n) is 8.02. The molecule has 1 N–H and O–H groups in total. The summed E-state index contributed by atoms with van der Waals surface area (Å²) in [6, 6.07) is 0.660. The van der Waals surface area contributed by atoms with Gasteiger partial charge < -0.3 is 9.47 Å². The van der Waals surface area contributed by atoms with Crippen LogP contribution in [0.5, 0.6) is 11.6 Å². The first-order valence-corrected chi connectivity index (χ1v) is 4.52. The van der Waals surface area contributed by atoms with Gasteiger partial charge >= 0.3 is 6.36 Å². The SMILES string of the molecule is COc1[nH]c(=O)cc(OC(F)(F)F)c1CCl. The van der Waals surface area contributed by atoms with E-state index in [-0.39, 0.29) is 17.3 Å². The Labute approximate surface area is 92.9 Å². The lowest BCUT2D eigenvalue weighted by Crippen LogP contribution is -2.20. The molecule has 0 aliphatic rings. The average Bonchev–Trinajstić information content (AvgIpc) is 2.14. The van der Waals surface area contributed by atoms with Gasteiger partial charge in [-0.05, 0) is 0 Å². The van der Waals surface area contributed by atoms with E-state index in [0.29, 0.717) is 6.07 Å². The predicted octanol–water partition coefficient (Wildman–Crippen LogP) is 2.02. The second-order valence-electron chi connectivity index (χ2n) is 2.69. The molecule has 1 aromatic heterocycles. The molecule has 16 heavy (non-hydrogen) atoms. The van der Waals surface area contributed by atoms with Gasteiger partial charge in [0.15, 0.2) is 0 Å². The third-order valence-electron chi connectivity index (χ3n) is 1.63. The van der Waals surface area contributed by atoms with Crippen LogP contribution < -0.4 is 15.0 Å². The van der Waals surface area contributed by atoms with E-state index in [2.05, 4.69) is 14.5 Å². The minimum Gasteiger partial charge on any atom is -0.482 e. The first-order chi connectivity index (χ1) is 7.37. The molecule has 8 heteroatoms. The van der Waals surface area contributed by atoms with Gasteiger partial charge in [-0.3, -0.25) is 9.78 Å². The van der Waals surface area contributed by atoms with Crippen LogP contribution in [0.1, 0.15) is 5.56 Å². The number of aromatic nitrogens is 1. The van der Waals surface area contributed by atoms with Gasteiger partial charge in [-0.1, -0.05) is 0 Å². The van der Waals surface area contributed by atoms with Crippen molar-refractivity contribution >= 4 is 11.6 Å². The molecule has 0 aliphatic heterocycles. The first-order valence-electron chi connectivity index (χ1n) is 3.99. The number of nitrogens with one attached hydrogen (secondary N) is 1. The summed E-state index contributed by atoms with van der Waals surface area (Å²) in [5.74, 6) is -1.10. The van der Waals surface area contributed by atoms with E-state index in [9.17, 15) is 18.0 Å². The molecule has 0 aliphatic carbocycles. The normalized spacial score (nSPS) is 11.3. The Bertz CT molecular complexity index is 430. The summed E-state index contributed by atoms with van der Waals surface area (Å²) in [5, 5.41) is 0. The smallest absolute Gasteiger partial charge is 0.482 e. The van der Waals surface area contributed by atoms with Crippen LogP contribution in [0.3, 0.4) is 0 Å². The van der Waals surface area contributed by atoms with Crippen molar-refractivity contribution in [2.45, 2.75) is 12.2 Å². The molecule has 0 fully saturated rings. The van der Waals surface area contributed by atoms with Crippen LogP contribution in [0.15, 0.2) is 10.9 Å². The van der Waals surface area contributed by atoms with E-state index >= 15 is 0 Å². The summed E-state index contributed by atoms with van der Waals surface area (Å²) in [6.45, 7) is 0. The van der Waals surface area contributed by atoms with E-state index in [1.54, 1.807) is 0 Å². The van der Waals surface area contributed by atoms with Gasteiger partial charge in [0.1, 0.15) is 5.75 Å². The van der Waals surface area contributed by atoms with Gasteiger partial charge in [0.05, 0.1) is 18.6 Å². The highest BCUT2D eigenvalue weighted by molar-refractivity contribution is 6.17. The molecule has 0 unspecified atom stereocenters. The molecule has 0 radical (unpaired) electrons. The quantitative estimate of drug-likeness (QED) is 0.843. The molecule has 0 bridgehead atoms. The summed E-state index contributed by atoms with van der Waals surface area (Å²) in [4.78, 5) is 13.2. The number of methoxy groups -OCH3 is 1. The summed E-state index contributed by atoms with van der Waals surface area (Å²) >= 11 is 5.45. The van der Waals surface area contributed by atoms with Crippen molar-refractivity contribution in [2.75, 3.05) is 7.11 Å². The van der Waals surface area contributed by atoms with Crippen molar-refractivity contribution < 1.29 is 22.6 Å². The van der Waals surface area contributed by atoms with Gasteiger partial charge in [0, 0.05) is 6.07 Å². The van der Waals surface area contributed by atoms with Crippen molar-refractivity contribution in [1.82, 2.24) is 4.98 Å². The van der Waals surface area contributed by atoms with E-state index < -0.39 is 17.7 Å². The summed E-state index contributed by atoms with van der Waals surface area (Å²) in [6.07, 6.45) is -4.89. The van der Waals surface area contributed by atoms with Gasteiger partial charge in [-0.2, -0.15) is 0 Å². The Morgan fingerprint density at radius 1 is 1.50 bits per heavy atom. The highest BCUT2D eigenvalue weighted by Crippen LogP contribution is 2.30. The monoisotopic (exact) mass is 257 g/mol. The molecule has 4 nitrogen and oxygen atoms in total. The number of hydrogen-bond acceptors (Lipinski definition) is 3. The number of hydrogen-bond donors (Lipinski definition) is 1. The fraction of sp³-hybridized carbons (Fsp3) is 0.375. The minimum absolute atomic E-state index is 0.0684. The van der Waals surface area contributed by atoms with Crippen molar-refractivity contribution in [3.8, 4) is 11.6 Å². The third kappa shape index (κ3) is 3.06. The van der Waals surface area contributed by atoms with Crippen molar-refractivity contribution in [3.63, 3.8) is 0 Å². The molecule has 90 valence electrons. The Hall–Kier alpha value is -1.37. The second-order valence-corrected chi connectivity index (χ2v) is 2.96. The van der Waals surface area contributed by atoms with E-state index in [0.717, 1.165) is 0 Å². The third-order valence-corrected chi connectivity index (χ3v) is 1.90. The molecule has 0 spiro atoms. The van der Waals surface area contributed by atoms with Crippen LogP contribution in [-0.4, -0.2) is 18.5 Å². The molecule has 0 atom stereocenters. The molecule has 0 saturated carbocycles. The molecule has 1 heterocycles. The van der Waals surface area contributed by atoms with Crippen LogP contribution in [0.4, 0.5) is 13.2 Å². The lowest BCUT2D eigenvalue weighted by atomic mass is 10.3. The van der Waals surface area contributed by atoms with Gasteiger partial charge in [-0.25, -0.2) is 0 Å². The van der Waals surface area contributed by atoms with Crippen molar-refractivity contribution in [3.05, 3.63) is 22.0 Å². The highest BCUT2D eigenvalue weighted by Gasteiger charge is 2.33. The largest absolute Gasteiger partial charge is 0.573 e. The Balaban J connectivity index is 3.26. The highest BCUT2D eigenvalue weighted by atomic mass is 35.5. The van der Waals surface area contributed by atoms with Crippen LogP contribution >= 0.6 is 11.6 Å². The molecule has 0 saturated heterocycles. The average molecular weight is 258 g/mol. The molecule has 1 aromatic rings. The predicted molar refractivity (Wildman–Crippen MR) is 49.9 cm³/mol. The summed E-state index contributed by atoms with van der Waals surface area (Å²) in [5.41, 5.74) is -0.842. The first kappa shape index (κ1) is 12.7. The molecular formula is C8H7ClF3NO3. The Morgan fingerprint density at radius 3 is 2.56 bits per heavy atom. The molecule has 0 aromatic carbocycles. The maximum Gasteiger partial charge on any atom is 0.573 e. The van der Waals surface area contributed by atoms with Crippen LogP contribution in [0.25, 0.3) is 0 Å². The van der Waals surface area contributed by atoms with E-state index in [1.165, 1.54) is 7.11 Å². The van der Waals surface area contributed by atoms with E-state index in [4.69, 9.17) is 11.6 Å². The number of ether oxygens (including phenoxy) is 2. The van der Waals surface area contributed by atoms with Gasteiger partial charge in [0.25, 0.3) is 5.56 Å². The topological polar surface area (TPSA) is 51.3 Å².